The maximum atomic E-state index is 5.61. The zero-order chi connectivity index (χ0) is 27.7. The lowest BCUT2D eigenvalue weighted by molar-refractivity contribution is 0.348. The SMILES string of the molecule is CCCCc1nc2cc(C)ccc2o1.COc1cc(OC)c(OC)cc1C.Cc1ccc2nc(N)sc2c1. The number of hydrogen-bond acceptors (Lipinski definition) is 8. The summed E-state index contributed by atoms with van der Waals surface area (Å²) in [6.07, 6.45) is 3.27. The van der Waals surface area contributed by atoms with Crippen LogP contribution in [0.3, 0.4) is 0 Å². The van der Waals surface area contributed by atoms with E-state index in [1.54, 1.807) is 21.3 Å². The van der Waals surface area contributed by atoms with Crippen LogP contribution in [0.4, 0.5) is 5.13 Å². The normalized spacial score (nSPS) is 10.4. The van der Waals surface area contributed by atoms with E-state index in [0.29, 0.717) is 10.9 Å². The lowest BCUT2D eigenvalue weighted by Crippen LogP contribution is -1.94. The van der Waals surface area contributed by atoms with Gasteiger partial charge in [0.05, 0.1) is 31.5 Å². The van der Waals surface area contributed by atoms with E-state index < -0.39 is 0 Å². The van der Waals surface area contributed by atoms with Gasteiger partial charge < -0.3 is 24.4 Å². The van der Waals surface area contributed by atoms with Crippen molar-refractivity contribution in [3.05, 3.63) is 71.1 Å². The van der Waals surface area contributed by atoms with Gasteiger partial charge in [-0.25, -0.2) is 9.97 Å². The van der Waals surface area contributed by atoms with Crippen LogP contribution in [-0.2, 0) is 6.42 Å². The number of hydrogen-bond donors (Lipinski definition) is 1. The van der Waals surface area contributed by atoms with Crippen LogP contribution < -0.4 is 19.9 Å². The number of unbranched alkanes of at least 4 members (excludes halogenated alkanes) is 1. The second-order valence-electron chi connectivity index (χ2n) is 8.88. The molecule has 8 heteroatoms. The molecule has 202 valence electrons. The number of aryl methyl sites for hydroxylation is 4. The van der Waals surface area contributed by atoms with Crippen molar-refractivity contribution in [1.29, 1.82) is 0 Å². The second kappa shape index (κ2) is 13.7. The van der Waals surface area contributed by atoms with Crippen LogP contribution in [0.1, 0.15) is 42.3 Å². The number of thiazole rings is 1. The van der Waals surface area contributed by atoms with Gasteiger partial charge in [-0.1, -0.05) is 36.8 Å². The molecule has 0 atom stereocenters. The van der Waals surface area contributed by atoms with Crippen molar-refractivity contribution >= 4 is 37.8 Å². The molecule has 0 saturated heterocycles. The van der Waals surface area contributed by atoms with Gasteiger partial charge in [-0.3, -0.25) is 0 Å². The molecule has 0 fully saturated rings. The first kappa shape index (κ1) is 28.8. The van der Waals surface area contributed by atoms with Crippen molar-refractivity contribution in [2.45, 2.75) is 47.0 Å². The summed E-state index contributed by atoms with van der Waals surface area (Å²) in [4.78, 5) is 8.59. The first-order chi connectivity index (χ1) is 18.3. The minimum atomic E-state index is 0.644. The summed E-state index contributed by atoms with van der Waals surface area (Å²) in [5, 5.41) is 0.644. The molecule has 0 amide bonds. The van der Waals surface area contributed by atoms with Crippen molar-refractivity contribution in [3.63, 3.8) is 0 Å². The Bertz CT molecular complexity index is 1480. The molecule has 0 aliphatic heterocycles. The fourth-order valence-electron chi connectivity index (χ4n) is 3.75. The minimum absolute atomic E-state index is 0.644. The lowest BCUT2D eigenvalue weighted by Gasteiger charge is -2.11. The van der Waals surface area contributed by atoms with Gasteiger partial charge in [0.25, 0.3) is 0 Å². The number of nitrogens with two attached hydrogens (primary N) is 1. The molecule has 0 aliphatic rings. The van der Waals surface area contributed by atoms with Gasteiger partial charge in [-0.05, 0) is 74.2 Å². The predicted molar refractivity (Wildman–Crippen MR) is 157 cm³/mol. The fraction of sp³-hybridized carbons (Fsp3) is 0.333. The van der Waals surface area contributed by atoms with E-state index in [1.807, 2.05) is 37.3 Å². The summed E-state index contributed by atoms with van der Waals surface area (Å²) in [6, 6.07) is 16.0. The first-order valence-electron chi connectivity index (χ1n) is 12.5. The van der Waals surface area contributed by atoms with Crippen LogP contribution in [0.2, 0.25) is 0 Å². The van der Waals surface area contributed by atoms with E-state index in [2.05, 4.69) is 48.9 Å². The molecule has 0 bridgehead atoms. The van der Waals surface area contributed by atoms with Gasteiger partial charge >= 0.3 is 0 Å². The molecule has 2 aromatic heterocycles. The Morgan fingerprint density at radius 3 is 2.13 bits per heavy atom. The lowest BCUT2D eigenvalue weighted by atomic mass is 10.2. The van der Waals surface area contributed by atoms with Gasteiger partial charge in [-0.2, -0.15) is 0 Å². The highest BCUT2D eigenvalue weighted by Gasteiger charge is 2.08. The third-order valence-electron chi connectivity index (χ3n) is 5.79. The maximum absolute atomic E-state index is 5.61. The van der Waals surface area contributed by atoms with E-state index in [-0.39, 0.29) is 0 Å². The minimum Gasteiger partial charge on any atom is -0.496 e. The van der Waals surface area contributed by atoms with E-state index in [9.17, 15) is 0 Å². The topological polar surface area (TPSA) is 92.6 Å². The first-order valence-corrected chi connectivity index (χ1v) is 13.3. The molecule has 7 nitrogen and oxygen atoms in total. The highest BCUT2D eigenvalue weighted by molar-refractivity contribution is 7.22. The number of oxazole rings is 1. The van der Waals surface area contributed by atoms with Crippen LogP contribution in [0.15, 0.2) is 52.9 Å². The van der Waals surface area contributed by atoms with Crippen molar-refractivity contribution in [1.82, 2.24) is 9.97 Å². The molecule has 0 saturated carbocycles. The number of rotatable bonds is 6. The molecule has 5 rings (SSSR count). The Morgan fingerprint density at radius 2 is 1.45 bits per heavy atom. The third-order valence-corrected chi connectivity index (χ3v) is 6.64. The number of nitrogen functional groups attached to an aromatic ring is 1. The van der Waals surface area contributed by atoms with E-state index in [4.69, 9.17) is 24.4 Å². The zero-order valence-corrected chi connectivity index (χ0v) is 24.1. The Morgan fingerprint density at radius 1 is 0.789 bits per heavy atom. The quantitative estimate of drug-likeness (QED) is 0.238. The number of fused-ring (bicyclic) bond motifs is 2. The highest BCUT2D eigenvalue weighted by Crippen LogP contribution is 2.33. The Labute approximate surface area is 228 Å². The maximum Gasteiger partial charge on any atom is 0.195 e. The fourth-order valence-corrected chi connectivity index (χ4v) is 4.58. The standard InChI is InChI=1S/C12H15NO.C10H14O3.C8H8N2S/c1-3-4-5-12-13-10-8-9(2)6-7-11(10)14-12;1-7-5-9(12-3)10(13-4)6-8(7)11-2;1-5-2-3-6-7(4-5)11-8(9)10-6/h6-8H,3-5H2,1-2H3;5-6H,1-4H3;2-4H,1H3,(H2,9,10). The third kappa shape index (κ3) is 7.61. The van der Waals surface area contributed by atoms with Crippen molar-refractivity contribution in [2.75, 3.05) is 27.1 Å². The summed E-state index contributed by atoms with van der Waals surface area (Å²) in [6.45, 7) is 8.27. The van der Waals surface area contributed by atoms with Crippen LogP contribution in [-0.4, -0.2) is 31.3 Å². The van der Waals surface area contributed by atoms with Crippen LogP contribution >= 0.6 is 11.3 Å². The molecule has 2 N–H and O–H groups in total. The predicted octanol–water partition coefficient (Wildman–Crippen LogP) is 7.69. The number of nitrogens with zero attached hydrogens (tertiary/aromatic N) is 2. The zero-order valence-electron chi connectivity index (χ0n) is 23.3. The molecular weight excluding hydrogens is 498 g/mol. The molecule has 0 unspecified atom stereocenters. The number of aromatic nitrogens is 2. The summed E-state index contributed by atoms with van der Waals surface area (Å²) in [7, 11) is 4.85. The molecule has 38 heavy (non-hydrogen) atoms. The molecule has 0 spiro atoms. The van der Waals surface area contributed by atoms with Crippen LogP contribution in [0.25, 0.3) is 21.3 Å². The number of methoxy groups -OCH3 is 3. The Hall–Kier alpha value is -3.78. The molecule has 0 aliphatic carbocycles. The summed E-state index contributed by atoms with van der Waals surface area (Å²) < 4.78 is 22.2. The summed E-state index contributed by atoms with van der Waals surface area (Å²) >= 11 is 1.53. The average Bonchev–Trinajstić information content (AvgIpc) is 3.49. The van der Waals surface area contributed by atoms with Gasteiger partial charge in [-0.15, -0.1) is 0 Å². The largest absolute Gasteiger partial charge is 0.496 e. The highest BCUT2D eigenvalue weighted by atomic mass is 32.1. The number of ether oxygens (including phenoxy) is 3. The van der Waals surface area contributed by atoms with E-state index in [1.165, 1.54) is 33.6 Å². The van der Waals surface area contributed by atoms with E-state index >= 15 is 0 Å². The monoisotopic (exact) mass is 535 g/mol. The number of anilines is 1. The second-order valence-corrected chi connectivity index (χ2v) is 9.94. The smallest absolute Gasteiger partial charge is 0.195 e. The van der Waals surface area contributed by atoms with Gasteiger partial charge in [0.1, 0.15) is 11.3 Å². The average molecular weight is 536 g/mol. The van der Waals surface area contributed by atoms with Crippen LogP contribution in [0.5, 0.6) is 17.2 Å². The van der Waals surface area contributed by atoms with Crippen molar-refractivity contribution < 1.29 is 18.6 Å². The molecule has 5 aromatic rings. The molecule has 2 heterocycles. The molecule has 0 radical (unpaired) electrons. The van der Waals surface area contributed by atoms with Gasteiger partial charge in [0.15, 0.2) is 28.1 Å². The summed E-state index contributed by atoms with van der Waals surface area (Å²) in [5.41, 5.74) is 11.9. The van der Waals surface area contributed by atoms with Crippen molar-refractivity contribution in [2.24, 2.45) is 0 Å². The van der Waals surface area contributed by atoms with Gasteiger partial charge in [0.2, 0.25) is 0 Å². The van der Waals surface area contributed by atoms with Crippen LogP contribution in [0, 0.1) is 20.8 Å². The molecule has 3 aromatic carbocycles. The Kier molecular flexibility index (Phi) is 10.4. The molecular formula is C30H37N3O4S. The van der Waals surface area contributed by atoms with Crippen molar-refractivity contribution in [3.8, 4) is 17.2 Å². The number of benzene rings is 3. The van der Waals surface area contributed by atoms with E-state index in [0.717, 1.165) is 52.4 Å². The summed E-state index contributed by atoms with van der Waals surface area (Å²) in [5.74, 6) is 3.08. The van der Waals surface area contributed by atoms with Gasteiger partial charge in [0, 0.05) is 12.5 Å². The Balaban J connectivity index is 0.000000159.